The smallest absolute Gasteiger partial charge is 0.263 e. The van der Waals surface area contributed by atoms with Gasteiger partial charge in [-0.1, -0.05) is 11.8 Å². The van der Waals surface area contributed by atoms with Gasteiger partial charge in [0.2, 0.25) is 0 Å². The number of rotatable bonds is 4. The molecule has 1 aromatic heterocycles. The molecule has 1 heterocycles. The summed E-state index contributed by atoms with van der Waals surface area (Å²) in [5.41, 5.74) is 0. The van der Waals surface area contributed by atoms with Gasteiger partial charge in [0.1, 0.15) is 0 Å². The van der Waals surface area contributed by atoms with Gasteiger partial charge in [0.05, 0.1) is 22.5 Å². The number of hydrogen-bond acceptors (Lipinski definition) is 4. The van der Waals surface area contributed by atoms with Crippen molar-refractivity contribution >= 4 is 17.2 Å². The Balaban J connectivity index is 1.90. The summed E-state index contributed by atoms with van der Waals surface area (Å²) in [6.07, 6.45) is 1.85. The van der Waals surface area contributed by atoms with Crippen LogP contribution in [0.5, 0.6) is 0 Å². The summed E-state index contributed by atoms with van der Waals surface area (Å²) in [5, 5.41) is 17.9. The minimum absolute atomic E-state index is 0.00611. The molecular formula is C15H19NO3S. The Kier molecular flexibility index (Phi) is 5.18. The fraction of sp³-hybridized carbons (Fsp3) is 0.533. The van der Waals surface area contributed by atoms with Gasteiger partial charge in [0.25, 0.3) is 5.91 Å². The molecule has 1 aliphatic rings. The van der Waals surface area contributed by atoms with Crippen LogP contribution in [0, 0.1) is 17.8 Å². The van der Waals surface area contributed by atoms with Gasteiger partial charge in [0.15, 0.2) is 0 Å². The number of amides is 1. The third-order valence-electron chi connectivity index (χ3n) is 3.35. The molecule has 0 radical (unpaired) electrons. The Labute approximate surface area is 123 Å². The second-order valence-corrected chi connectivity index (χ2v) is 6.20. The summed E-state index contributed by atoms with van der Waals surface area (Å²) in [4.78, 5) is 15.5. The van der Waals surface area contributed by atoms with Crippen molar-refractivity contribution < 1.29 is 15.0 Å². The van der Waals surface area contributed by atoms with Crippen molar-refractivity contribution in [3.05, 3.63) is 21.9 Å². The Morgan fingerprint density at radius 1 is 1.50 bits per heavy atom. The molecule has 2 N–H and O–H groups in total. The number of hydrogen-bond donors (Lipinski definition) is 2. The molecule has 20 heavy (non-hydrogen) atoms. The van der Waals surface area contributed by atoms with Crippen LogP contribution in [0.3, 0.4) is 0 Å². The number of nitrogens with zero attached hydrogens (tertiary/aromatic N) is 1. The third-order valence-corrected chi connectivity index (χ3v) is 4.34. The highest BCUT2D eigenvalue weighted by Crippen LogP contribution is 2.28. The van der Waals surface area contributed by atoms with E-state index < -0.39 is 0 Å². The lowest BCUT2D eigenvalue weighted by Crippen LogP contribution is -2.39. The lowest BCUT2D eigenvalue weighted by atomic mass is 9.82. The molecule has 0 saturated heterocycles. The third kappa shape index (κ3) is 3.83. The van der Waals surface area contributed by atoms with Crippen LogP contribution < -0.4 is 0 Å². The predicted molar refractivity (Wildman–Crippen MR) is 78.6 cm³/mol. The number of aliphatic hydroxyl groups is 2. The van der Waals surface area contributed by atoms with Gasteiger partial charge < -0.3 is 15.1 Å². The van der Waals surface area contributed by atoms with Gasteiger partial charge in [-0.05, 0) is 30.9 Å². The quantitative estimate of drug-likeness (QED) is 0.823. The van der Waals surface area contributed by atoms with Crippen molar-refractivity contribution in [1.29, 1.82) is 0 Å². The summed E-state index contributed by atoms with van der Waals surface area (Å²) in [6, 6.07) is 3.63. The molecule has 0 aliphatic heterocycles. The minimum Gasteiger partial charge on any atom is -0.395 e. The van der Waals surface area contributed by atoms with Gasteiger partial charge in [-0.15, -0.1) is 11.3 Å². The van der Waals surface area contributed by atoms with E-state index in [1.165, 1.54) is 11.3 Å². The lowest BCUT2D eigenvalue weighted by molar-refractivity contribution is 0.0266. The van der Waals surface area contributed by atoms with Crippen LogP contribution in [0.1, 0.15) is 33.8 Å². The zero-order valence-electron chi connectivity index (χ0n) is 11.5. The molecule has 0 atom stereocenters. The van der Waals surface area contributed by atoms with Gasteiger partial charge >= 0.3 is 0 Å². The van der Waals surface area contributed by atoms with Gasteiger partial charge in [-0.3, -0.25) is 4.79 Å². The zero-order chi connectivity index (χ0) is 14.5. The highest BCUT2D eigenvalue weighted by atomic mass is 32.1. The predicted octanol–water partition coefficient (Wildman–Crippen LogP) is 1.32. The minimum atomic E-state index is -0.182. The first-order valence-corrected chi connectivity index (χ1v) is 7.55. The lowest BCUT2D eigenvalue weighted by Gasteiger charge is -2.34. The largest absolute Gasteiger partial charge is 0.395 e. The monoisotopic (exact) mass is 293 g/mol. The molecular weight excluding hydrogens is 274 g/mol. The van der Waals surface area contributed by atoms with Gasteiger partial charge in [-0.25, -0.2) is 0 Å². The van der Waals surface area contributed by atoms with Crippen molar-refractivity contribution in [2.45, 2.75) is 25.4 Å². The van der Waals surface area contributed by atoms with Gasteiger partial charge in [0, 0.05) is 20.0 Å². The summed E-state index contributed by atoms with van der Waals surface area (Å²) < 4.78 is 0. The standard InChI is InChI=1S/C15H19NO3S/c1-16(10-11-8-12(18)9-11)15(19)14-6-5-13(20-14)4-2-3-7-17/h5-6,11-12,17-18H,3,7-10H2,1H3. The maximum atomic E-state index is 12.2. The fourth-order valence-electron chi connectivity index (χ4n) is 2.23. The number of thiophene rings is 1. The molecule has 5 heteroatoms. The summed E-state index contributed by atoms with van der Waals surface area (Å²) in [7, 11) is 1.80. The topological polar surface area (TPSA) is 60.8 Å². The van der Waals surface area contributed by atoms with E-state index in [9.17, 15) is 9.90 Å². The van der Waals surface area contributed by atoms with Crippen molar-refractivity contribution in [3.63, 3.8) is 0 Å². The molecule has 1 aliphatic carbocycles. The van der Waals surface area contributed by atoms with Crippen molar-refractivity contribution in [1.82, 2.24) is 4.90 Å². The van der Waals surface area contributed by atoms with E-state index in [1.54, 1.807) is 18.0 Å². The zero-order valence-corrected chi connectivity index (χ0v) is 12.3. The Hall–Kier alpha value is -1.35. The summed E-state index contributed by atoms with van der Waals surface area (Å²) in [6.45, 7) is 0.749. The normalized spacial score (nSPS) is 20.8. The molecule has 2 rings (SSSR count). The van der Waals surface area contributed by atoms with Crippen LogP contribution in [0.15, 0.2) is 12.1 Å². The number of carbonyl (C=O) groups excluding carboxylic acids is 1. The number of carbonyl (C=O) groups is 1. The molecule has 0 aromatic carbocycles. The van der Waals surface area contributed by atoms with Crippen molar-refractivity contribution in [2.24, 2.45) is 5.92 Å². The Bertz CT molecular complexity index is 523. The highest BCUT2D eigenvalue weighted by molar-refractivity contribution is 7.14. The first kappa shape index (κ1) is 15.0. The second-order valence-electron chi connectivity index (χ2n) is 5.12. The van der Waals surface area contributed by atoms with Crippen LogP contribution in [0.25, 0.3) is 0 Å². The van der Waals surface area contributed by atoms with E-state index in [-0.39, 0.29) is 18.6 Å². The summed E-state index contributed by atoms with van der Waals surface area (Å²) >= 11 is 1.38. The van der Waals surface area contributed by atoms with Crippen LogP contribution in [0.2, 0.25) is 0 Å². The maximum absolute atomic E-state index is 12.2. The van der Waals surface area contributed by atoms with Crippen LogP contribution in [0.4, 0.5) is 0 Å². The van der Waals surface area contributed by atoms with Crippen LogP contribution in [-0.2, 0) is 0 Å². The maximum Gasteiger partial charge on any atom is 0.263 e. The number of aliphatic hydroxyl groups excluding tert-OH is 2. The highest BCUT2D eigenvalue weighted by Gasteiger charge is 2.29. The Morgan fingerprint density at radius 3 is 2.90 bits per heavy atom. The van der Waals surface area contributed by atoms with E-state index in [4.69, 9.17) is 5.11 Å². The molecule has 0 unspecified atom stereocenters. The first-order chi connectivity index (χ1) is 9.60. The molecule has 108 valence electrons. The molecule has 4 nitrogen and oxygen atoms in total. The van der Waals surface area contributed by atoms with E-state index in [1.807, 2.05) is 6.07 Å². The van der Waals surface area contributed by atoms with Crippen LogP contribution in [-0.4, -0.2) is 47.3 Å². The van der Waals surface area contributed by atoms with E-state index in [2.05, 4.69) is 11.8 Å². The molecule has 1 saturated carbocycles. The molecule has 1 aromatic rings. The van der Waals surface area contributed by atoms with Crippen molar-refractivity contribution in [2.75, 3.05) is 20.2 Å². The SMILES string of the molecule is CN(CC1CC(O)C1)C(=O)c1ccc(C#CCCO)s1. The Morgan fingerprint density at radius 2 is 2.25 bits per heavy atom. The average molecular weight is 293 g/mol. The van der Waals surface area contributed by atoms with Gasteiger partial charge in [-0.2, -0.15) is 0 Å². The average Bonchev–Trinajstić information content (AvgIpc) is 2.85. The van der Waals surface area contributed by atoms with Crippen LogP contribution >= 0.6 is 11.3 Å². The second kappa shape index (κ2) is 6.89. The molecule has 0 spiro atoms. The van der Waals surface area contributed by atoms with E-state index >= 15 is 0 Å². The summed E-state index contributed by atoms with van der Waals surface area (Å²) in [5.74, 6) is 6.20. The molecule has 1 fully saturated rings. The fourth-order valence-corrected chi connectivity index (χ4v) is 3.11. The first-order valence-electron chi connectivity index (χ1n) is 6.73. The molecule has 0 bridgehead atoms. The van der Waals surface area contributed by atoms with E-state index in [0.717, 1.165) is 17.7 Å². The van der Waals surface area contributed by atoms with Crippen molar-refractivity contribution in [3.8, 4) is 11.8 Å². The molecule has 1 amide bonds. The van der Waals surface area contributed by atoms with E-state index in [0.29, 0.717) is 23.8 Å².